The summed E-state index contributed by atoms with van der Waals surface area (Å²) in [6.45, 7) is 12.3. The number of quaternary nitrogens is 2. The second-order valence-electron chi connectivity index (χ2n) is 13.3. The minimum absolute atomic E-state index is 0.787. The van der Waals surface area contributed by atoms with Gasteiger partial charge >= 0.3 is 0 Å². The zero-order valence-electron chi connectivity index (χ0n) is 26.3. The molecule has 0 aromatic carbocycles. The molecular weight excluding hydrogens is 424 g/mol. The lowest BCUT2D eigenvalue weighted by Crippen LogP contribution is -2.52. The molecule has 0 radical (unpaired) electrons. The molecule has 0 bridgehead atoms. The molecule has 0 fully saturated rings. The molecule has 0 aromatic rings. The molecule has 35 heavy (non-hydrogen) atoms. The number of unbranched alkanes of at least 4 members (excludes halogenated alkanes) is 16. The maximum Gasteiger partial charge on any atom is 0.0857 e. The van der Waals surface area contributed by atoms with E-state index in [-0.39, 0.29) is 0 Å². The van der Waals surface area contributed by atoms with Crippen LogP contribution in [0.2, 0.25) is 0 Å². The van der Waals surface area contributed by atoms with Gasteiger partial charge in [-0.05, 0) is 39.5 Å². The number of hydrogen-bond donors (Lipinski definition) is 0. The van der Waals surface area contributed by atoms with Crippen molar-refractivity contribution in [2.24, 2.45) is 0 Å². The molecule has 2 heteroatoms. The van der Waals surface area contributed by atoms with E-state index in [1.807, 2.05) is 0 Å². The van der Waals surface area contributed by atoms with Gasteiger partial charge < -0.3 is 8.97 Å². The van der Waals surface area contributed by atoms with Gasteiger partial charge in [0.15, 0.2) is 0 Å². The standard InChI is InChI=1S/C33H72N2/c1-9-11-13-15-17-19-21-23-25-28-32(3)34(5,6)30-27-31-35(7,8)33(4)29-26-24-22-20-18-16-14-12-10-2/h32-33H,9-31H2,1-8H3/q+2. The molecule has 0 heterocycles. The van der Waals surface area contributed by atoms with Crippen molar-refractivity contribution in [2.75, 3.05) is 41.3 Å². The van der Waals surface area contributed by atoms with Crippen molar-refractivity contribution >= 4 is 0 Å². The first-order chi connectivity index (χ1) is 16.7. The molecule has 2 atom stereocenters. The molecule has 0 aliphatic rings. The molecule has 0 rings (SSSR count). The van der Waals surface area contributed by atoms with Crippen LogP contribution >= 0.6 is 0 Å². The molecule has 0 N–H and O–H groups in total. The van der Waals surface area contributed by atoms with Crippen molar-refractivity contribution in [1.29, 1.82) is 0 Å². The summed E-state index contributed by atoms with van der Waals surface area (Å²) >= 11 is 0. The van der Waals surface area contributed by atoms with E-state index >= 15 is 0 Å². The third-order valence-corrected chi connectivity index (χ3v) is 9.31. The Bertz CT molecular complexity index is 402. The second-order valence-corrected chi connectivity index (χ2v) is 13.3. The lowest BCUT2D eigenvalue weighted by molar-refractivity contribution is -0.931. The van der Waals surface area contributed by atoms with Gasteiger partial charge in [0.25, 0.3) is 0 Å². The first kappa shape index (κ1) is 34.9. The van der Waals surface area contributed by atoms with Crippen molar-refractivity contribution in [3.8, 4) is 0 Å². The zero-order chi connectivity index (χ0) is 26.4. The Hall–Kier alpha value is -0.0800. The monoisotopic (exact) mass is 497 g/mol. The zero-order valence-corrected chi connectivity index (χ0v) is 26.3. The van der Waals surface area contributed by atoms with Gasteiger partial charge in [-0.1, -0.05) is 117 Å². The van der Waals surface area contributed by atoms with Gasteiger partial charge in [-0.15, -0.1) is 0 Å². The Labute approximate surface area is 224 Å². The van der Waals surface area contributed by atoms with E-state index in [1.54, 1.807) is 0 Å². The van der Waals surface area contributed by atoms with Crippen LogP contribution in [0.25, 0.3) is 0 Å². The largest absolute Gasteiger partial charge is 0.326 e. The van der Waals surface area contributed by atoms with Crippen molar-refractivity contribution in [1.82, 2.24) is 0 Å². The average Bonchev–Trinajstić information content (AvgIpc) is 2.81. The van der Waals surface area contributed by atoms with Crippen LogP contribution in [0.3, 0.4) is 0 Å². The van der Waals surface area contributed by atoms with Crippen LogP contribution < -0.4 is 0 Å². The molecule has 0 saturated heterocycles. The minimum Gasteiger partial charge on any atom is -0.326 e. The normalized spacial score (nSPS) is 14.4. The first-order valence-electron chi connectivity index (χ1n) is 16.3. The van der Waals surface area contributed by atoms with Gasteiger partial charge in [0, 0.05) is 6.42 Å². The maximum absolute atomic E-state index is 2.50. The molecule has 2 unspecified atom stereocenters. The van der Waals surface area contributed by atoms with E-state index < -0.39 is 0 Å². The van der Waals surface area contributed by atoms with Crippen LogP contribution in [0, 0.1) is 0 Å². The van der Waals surface area contributed by atoms with Gasteiger partial charge in [-0.3, -0.25) is 0 Å². The molecule has 0 saturated carbocycles. The Kier molecular flexibility index (Phi) is 21.9. The summed E-state index contributed by atoms with van der Waals surface area (Å²) < 4.78 is 2.40. The fraction of sp³-hybridized carbons (Fsp3) is 1.00. The highest BCUT2D eigenvalue weighted by molar-refractivity contribution is 4.57. The number of rotatable bonds is 26. The Morgan fingerprint density at radius 3 is 0.914 bits per heavy atom. The SMILES string of the molecule is CCCCCCCCCCCC(C)[N+](C)(C)CCC[N+](C)(C)C(C)CCCCCCCCCCC. The summed E-state index contributed by atoms with van der Waals surface area (Å²) in [5.41, 5.74) is 0. The summed E-state index contributed by atoms with van der Waals surface area (Å²) in [5.74, 6) is 0. The molecule has 2 nitrogen and oxygen atoms in total. The van der Waals surface area contributed by atoms with Gasteiger partial charge in [0.2, 0.25) is 0 Å². The third kappa shape index (κ3) is 19.7. The van der Waals surface area contributed by atoms with Crippen LogP contribution in [0.4, 0.5) is 0 Å². The highest BCUT2D eigenvalue weighted by atomic mass is 15.4. The summed E-state index contributed by atoms with van der Waals surface area (Å²) in [7, 11) is 9.91. The van der Waals surface area contributed by atoms with Crippen molar-refractivity contribution in [2.45, 2.75) is 175 Å². The molecule has 0 amide bonds. The Morgan fingerprint density at radius 2 is 0.629 bits per heavy atom. The lowest BCUT2D eigenvalue weighted by Gasteiger charge is -2.40. The molecule has 0 aliphatic carbocycles. The topological polar surface area (TPSA) is 0 Å². The summed E-state index contributed by atoms with van der Waals surface area (Å²) in [6.07, 6.45) is 30.0. The summed E-state index contributed by atoms with van der Waals surface area (Å²) in [4.78, 5) is 0. The van der Waals surface area contributed by atoms with Crippen molar-refractivity contribution < 1.29 is 8.97 Å². The predicted molar refractivity (Wildman–Crippen MR) is 161 cm³/mol. The van der Waals surface area contributed by atoms with Crippen LogP contribution in [0.15, 0.2) is 0 Å². The van der Waals surface area contributed by atoms with E-state index in [9.17, 15) is 0 Å². The lowest BCUT2D eigenvalue weighted by atomic mass is 10.0. The molecule has 0 spiro atoms. The smallest absolute Gasteiger partial charge is 0.0857 e. The summed E-state index contributed by atoms with van der Waals surface area (Å²) in [5, 5.41) is 0. The molecular formula is C33H72N2+2. The minimum atomic E-state index is 0.787. The van der Waals surface area contributed by atoms with E-state index in [0.29, 0.717) is 0 Å². The number of nitrogens with zero attached hydrogens (tertiary/aromatic N) is 2. The van der Waals surface area contributed by atoms with E-state index in [1.165, 1.54) is 157 Å². The van der Waals surface area contributed by atoms with E-state index in [2.05, 4.69) is 55.9 Å². The Balaban J connectivity index is 3.92. The highest BCUT2D eigenvalue weighted by Crippen LogP contribution is 2.20. The molecule has 0 aromatic heterocycles. The fourth-order valence-electron chi connectivity index (χ4n) is 5.53. The molecule has 212 valence electrons. The Morgan fingerprint density at radius 1 is 0.371 bits per heavy atom. The molecule has 0 aliphatic heterocycles. The summed E-state index contributed by atoms with van der Waals surface area (Å²) in [6, 6.07) is 1.57. The quantitative estimate of drug-likeness (QED) is 0.0825. The van der Waals surface area contributed by atoms with E-state index in [4.69, 9.17) is 0 Å². The van der Waals surface area contributed by atoms with Gasteiger partial charge in [-0.2, -0.15) is 0 Å². The second kappa shape index (κ2) is 22.0. The average molecular weight is 497 g/mol. The first-order valence-corrected chi connectivity index (χ1v) is 16.3. The third-order valence-electron chi connectivity index (χ3n) is 9.31. The fourth-order valence-corrected chi connectivity index (χ4v) is 5.53. The number of hydrogen-bond acceptors (Lipinski definition) is 0. The van der Waals surface area contributed by atoms with Crippen LogP contribution in [-0.2, 0) is 0 Å². The van der Waals surface area contributed by atoms with E-state index in [0.717, 1.165) is 12.1 Å². The van der Waals surface area contributed by atoms with Crippen LogP contribution in [0.5, 0.6) is 0 Å². The van der Waals surface area contributed by atoms with Crippen LogP contribution in [0.1, 0.15) is 163 Å². The van der Waals surface area contributed by atoms with Gasteiger partial charge in [-0.25, -0.2) is 0 Å². The van der Waals surface area contributed by atoms with Crippen LogP contribution in [-0.4, -0.2) is 62.3 Å². The highest BCUT2D eigenvalue weighted by Gasteiger charge is 2.27. The van der Waals surface area contributed by atoms with Crippen molar-refractivity contribution in [3.05, 3.63) is 0 Å². The maximum atomic E-state index is 2.50. The predicted octanol–water partition coefficient (Wildman–Crippen LogP) is 10.1. The van der Waals surface area contributed by atoms with Gasteiger partial charge in [0.05, 0.1) is 53.4 Å². The van der Waals surface area contributed by atoms with Crippen molar-refractivity contribution in [3.63, 3.8) is 0 Å². The van der Waals surface area contributed by atoms with Gasteiger partial charge in [0.1, 0.15) is 0 Å².